The summed E-state index contributed by atoms with van der Waals surface area (Å²) >= 11 is 0. The van der Waals surface area contributed by atoms with Crippen LogP contribution in [0.3, 0.4) is 0 Å². The monoisotopic (exact) mass is 178 g/mol. The molecule has 0 fully saturated rings. The maximum Gasteiger partial charge on any atom is 0.182 e. The maximum absolute atomic E-state index is 11.7. The molecular formula is C7H15FN2O2. The van der Waals surface area contributed by atoms with E-state index in [4.69, 9.17) is 0 Å². The van der Waals surface area contributed by atoms with Crippen molar-refractivity contribution in [2.24, 2.45) is 5.34 Å². The first kappa shape index (κ1) is 11.3. The molecule has 5 heteroatoms. The number of unbranched alkanes of at least 4 members (excludes halogenated alkanes) is 1. The first-order valence-corrected chi connectivity index (χ1v) is 4.13. The van der Waals surface area contributed by atoms with Crippen LogP contribution in [0.1, 0.15) is 26.2 Å². The molecule has 0 rings (SSSR count). The van der Waals surface area contributed by atoms with Gasteiger partial charge in [0.05, 0.1) is 0 Å². The number of nitrogens with one attached hydrogen (secondary N) is 1. The van der Waals surface area contributed by atoms with Crippen molar-refractivity contribution in [1.29, 1.82) is 0 Å². The minimum atomic E-state index is -0.467. The van der Waals surface area contributed by atoms with Crippen LogP contribution in [-0.4, -0.2) is 19.4 Å². The van der Waals surface area contributed by atoms with Gasteiger partial charge in [0.2, 0.25) is 0 Å². The van der Waals surface area contributed by atoms with Gasteiger partial charge in [0.15, 0.2) is 11.6 Å². The summed E-state index contributed by atoms with van der Waals surface area (Å²) in [6.45, 7) is 1.76. The molecule has 0 aromatic carbocycles. The van der Waals surface area contributed by atoms with E-state index in [1.165, 1.54) is 0 Å². The molecule has 0 spiro atoms. The van der Waals surface area contributed by atoms with Crippen molar-refractivity contribution in [3.63, 3.8) is 0 Å². The van der Waals surface area contributed by atoms with E-state index >= 15 is 0 Å². The van der Waals surface area contributed by atoms with Gasteiger partial charge >= 0.3 is 0 Å². The molecule has 0 saturated carbocycles. The van der Waals surface area contributed by atoms with Crippen molar-refractivity contribution < 1.29 is 9.23 Å². The second kappa shape index (κ2) is 8.39. The molecule has 0 amide bonds. The van der Waals surface area contributed by atoms with E-state index in [1.807, 2.05) is 6.92 Å². The molecule has 0 aliphatic carbocycles. The van der Waals surface area contributed by atoms with E-state index in [-0.39, 0.29) is 6.54 Å². The molecule has 4 nitrogen and oxygen atoms in total. The lowest BCUT2D eigenvalue weighted by Crippen LogP contribution is -2.31. The Labute approximate surface area is 71.4 Å². The van der Waals surface area contributed by atoms with Crippen molar-refractivity contribution in [3.05, 3.63) is 4.91 Å². The average Bonchev–Trinajstić information content (AvgIpc) is 2.10. The Kier molecular flexibility index (Phi) is 7.89. The van der Waals surface area contributed by atoms with Crippen LogP contribution in [0, 0.1) is 4.91 Å². The lowest BCUT2D eigenvalue weighted by Gasteiger charge is -2.12. The summed E-state index contributed by atoms with van der Waals surface area (Å²) in [5.74, 6) is 0. The molecule has 72 valence electrons. The van der Waals surface area contributed by atoms with Gasteiger partial charge in [-0.2, -0.15) is 0 Å². The largest absolute Gasteiger partial charge is 0.345 e. The highest BCUT2D eigenvalue weighted by Crippen LogP contribution is 2.01. The average molecular weight is 178 g/mol. The molecule has 0 bridgehead atoms. The van der Waals surface area contributed by atoms with Gasteiger partial charge < -0.3 is 4.84 Å². The van der Waals surface area contributed by atoms with E-state index < -0.39 is 12.9 Å². The van der Waals surface area contributed by atoms with Crippen LogP contribution in [0.4, 0.5) is 4.39 Å². The summed E-state index contributed by atoms with van der Waals surface area (Å²) in [5.41, 5.74) is 0. The molecule has 1 unspecified atom stereocenters. The van der Waals surface area contributed by atoms with Gasteiger partial charge in [-0.1, -0.05) is 13.3 Å². The predicted molar refractivity (Wildman–Crippen MR) is 44.2 cm³/mol. The first-order valence-electron chi connectivity index (χ1n) is 4.13. The zero-order valence-corrected chi connectivity index (χ0v) is 7.25. The van der Waals surface area contributed by atoms with E-state index in [1.54, 1.807) is 0 Å². The van der Waals surface area contributed by atoms with Gasteiger partial charge in [-0.15, -0.1) is 4.91 Å². The number of alkyl halides is 1. The molecule has 0 radical (unpaired) electrons. The van der Waals surface area contributed by atoms with Crippen LogP contribution < -0.4 is 5.32 Å². The highest BCUT2D eigenvalue weighted by molar-refractivity contribution is 4.54. The van der Waals surface area contributed by atoms with E-state index in [0.717, 1.165) is 12.8 Å². The van der Waals surface area contributed by atoms with Crippen LogP contribution in [0.2, 0.25) is 0 Å². The van der Waals surface area contributed by atoms with Crippen LogP contribution in [0.5, 0.6) is 0 Å². The fraction of sp³-hybridized carbons (Fsp3) is 1.00. The second-order valence-electron chi connectivity index (χ2n) is 2.45. The van der Waals surface area contributed by atoms with Gasteiger partial charge in [-0.25, -0.2) is 4.39 Å². The quantitative estimate of drug-likeness (QED) is 0.350. The van der Waals surface area contributed by atoms with E-state index in [2.05, 4.69) is 15.5 Å². The van der Waals surface area contributed by atoms with Crippen LogP contribution in [0.15, 0.2) is 5.34 Å². The molecule has 0 aliphatic rings. The van der Waals surface area contributed by atoms with Gasteiger partial charge in [-0.3, -0.25) is 5.32 Å². The minimum Gasteiger partial charge on any atom is -0.345 e. The molecule has 0 heterocycles. The van der Waals surface area contributed by atoms with Gasteiger partial charge in [0.25, 0.3) is 0 Å². The minimum absolute atomic E-state index is 0.198. The normalized spacial score (nSPS) is 12.5. The van der Waals surface area contributed by atoms with Crippen LogP contribution in [0.25, 0.3) is 0 Å². The summed E-state index contributed by atoms with van der Waals surface area (Å²) < 4.78 is 11.7. The third-order valence-electron chi connectivity index (χ3n) is 1.46. The summed E-state index contributed by atoms with van der Waals surface area (Å²) in [7, 11) is 0. The molecule has 0 aliphatic heterocycles. The SMILES string of the molecule is CCCCC(NCCF)ON=O. The van der Waals surface area contributed by atoms with Crippen molar-refractivity contribution >= 4 is 0 Å². The molecule has 0 saturated heterocycles. The lowest BCUT2D eigenvalue weighted by molar-refractivity contribution is 0.0228. The Balaban J connectivity index is 3.46. The van der Waals surface area contributed by atoms with Gasteiger partial charge in [0.1, 0.15) is 6.67 Å². The topological polar surface area (TPSA) is 50.7 Å². The Morgan fingerprint density at radius 1 is 1.67 bits per heavy atom. The Morgan fingerprint density at radius 3 is 2.92 bits per heavy atom. The molecule has 0 aromatic rings. The highest BCUT2D eigenvalue weighted by Gasteiger charge is 2.07. The van der Waals surface area contributed by atoms with Crippen molar-refractivity contribution in [2.45, 2.75) is 32.4 Å². The van der Waals surface area contributed by atoms with E-state index in [9.17, 15) is 9.30 Å². The number of halogens is 1. The van der Waals surface area contributed by atoms with Crippen LogP contribution in [-0.2, 0) is 4.84 Å². The smallest absolute Gasteiger partial charge is 0.182 e. The zero-order valence-electron chi connectivity index (χ0n) is 7.25. The maximum atomic E-state index is 11.7. The lowest BCUT2D eigenvalue weighted by atomic mass is 10.2. The van der Waals surface area contributed by atoms with Crippen molar-refractivity contribution in [2.75, 3.05) is 13.2 Å². The summed E-state index contributed by atoms with van der Waals surface area (Å²) in [6, 6.07) is 0. The molecule has 0 aromatic heterocycles. The number of nitrogens with zero attached hydrogens (tertiary/aromatic N) is 1. The fourth-order valence-electron chi connectivity index (χ4n) is 0.849. The van der Waals surface area contributed by atoms with Crippen molar-refractivity contribution in [3.8, 4) is 0 Å². The summed E-state index contributed by atoms with van der Waals surface area (Å²) in [4.78, 5) is 14.2. The Hall–Kier alpha value is -0.710. The molecular weight excluding hydrogens is 163 g/mol. The Bertz CT molecular complexity index is 106. The first-order chi connectivity index (χ1) is 5.85. The predicted octanol–water partition coefficient (Wildman–Crippen LogP) is 1.76. The van der Waals surface area contributed by atoms with Gasteiger partial charge in [-0.05, 0) is 6.42 Å². The third kappa shape index (κ3) is 6.03. The Morgan fingerprint density at radius 2 is 2.42 bits per heavy atom. The molecule has 1 atom stereocenters. The highest BCUT2D eigenvalue weighted by atomic mass is 19.1. The number of hydrogen-bond donors (Lipinski definition) is 1. The van der Waals surface area contributed by atoms with Crippen molar-refractivity contribution in [1.82, 2.24) is 5.32 Å². The summed E-state index contributed by atoms with van der Waals surface area (Å²) in [6.07, 6.45) is 2.19. The fourth-order valence-corrected chi connectivity index (χ4v) is 0.849. The van der Waals surface area contributed by atoms with Gasteiger partial charge in [0, 0.05) is 13.0 Å². The third-order valence-corrected chi connectivity index (χ3v) is 1.46. The number of hydrogen-bond acceptors (Lipinski definition) is 4. The standard InChI is InChI=1S/C7H15FN2O2/c1-2-3-4-7(12-10-11)9-6-5-8/h7,9H,2-6H2,1H3. The van der Waals surface area contributed by atoms with E-state index in [0.29, 0.717) is 6.42 Å². The number of rotatable bonds is 8. The zero-order chi connectivity index (χ0) is 9.23. The summed E-state index contributed by atoms with van der Waals surface area (Å²) in [5, 5.41) is 5.02. The second-order valence-corrected chi connectivity index (χ2v) is 2.45. The molecule has 12 heavy (non-hydrogen) atoms. The molecule has 1 N–H and O–H groups in total. The van der Waals surface area contributed by atoms with Crippen LogP contribution >= 0.6 is 0 Å².